The van der Waals surface area contributed by atoms with Gasteiger partial charge < -0.3 is 4.42 Å². The van der Waals surface area contributed by atoms with Crippen molar-refractivity contribution >= 4 is 52.8 Å². The molecule has 0 bridgehead atoms. The summed E-state index contributed by atoms with van der Waals surface area (Å²) in [5, 5.41) is 3.06. The summed E-state index contributed by atoms with van der Waals surface area (Å²) >= 11 is 12.2. The Bertz CT molecular complexity index is 1170. The standard InChI is InChI=1S/C20H11Cl2N3O4/c21-11-1-3-16(22)14(9-11)17-4-2-13(29-17)10-15-18(26)24-20(28)25(19(15)27)12-5-7-23-8-6-12/h1-10H,(H,24,26,28)/b15-10+. The molecule has 4 rings (SSSR count). The van der Waals surface area contributed by atoms with E-state index in [9.17, 15) is 14.4 Å². The predicted octanol–water partition coefficient (Wildman–Crippen LogP) is 4.31. The summed E-state index contributed by atoms with van der Waals surface area (Å²) in [5.74, 6) is -0.943. The van der Waals surface area contributed by atoms with E-state index in [2.05, 4.69) is 10.3 Å². The number of nitrogens with one attached hydrogen (secondary N) is 1. The number of hydrogen-bond acceptors (Lipinski definition) is 5. The third kappa shape index (κ3) is 3.65. The lowest BCUT2D eigenvalue weighted by molar-refractivity contribution is -0.122. The SMILES string of the molecule is O=C1NC(=O)N(c2ccncc2)C(=O)/C1=C/c1ccc(-c2cc(Cl)ccc2Cl)o1. The van der Waals surface area contributed by atoms with Gasteiger partial charge in [-0.3, -0.25) is 19.9 Å². The number of furan rings is 1. The summed E-state index contributed by atoms with van der Waals surface area (Å²) in [6.07, 6.45) is 4.13. The highest BCUT2D eigenvalue weighted by molar-refractivity contribution is 6.39. The van der Waals surface area contributed by atoms with E-state index in [1.165, 1.54) is 30.6 Å². The molecular weight excluding hydrogens is 417 g/mol. The Morgan fingerprint density at radius 2 is 1.76 bits per heavy atom. The normalized spacial score (nSPS) is 15.7. The van der Waals surface area contributed by atoms with Crippen LogP contribution in [-0.2, 0) is 9.59 Å². The average Bonchev–Trinajstić information content (AvgIpc) is 3.16. The minimum Gasteiger partial charge on any atom is -0.457 e. The summed E-state index contributed by atoms with van der Waals surface area (Å²) < 4.78 is 5.71. The van der Waals surface area contributed by atoms with Gasteiger partial charge in [0.15, 0.2) is 0 Å². The molecule has 1 fully saturated rings. The molecule has 4 amide bonds. The summed E-state index contributed by atoms with van der Waals surface area (Å²) in [5.41, 5.74) is 0.600. The van der Waals surface area contributed by atoms with Crippen LogP contribution in [0.25, 0.3) is 17.4 Å². The minimum absolute atomic E-state index is 0.235. The van der Waals surface area contributed by atoms with Crippen molar-refractivity contribution in [2.45, 2.75) is 0 Å². The molecule has 2 aromatic heterocycles. The molecule has 1 N–H and O–H groups in total. The van der Waals surface area contributed by atoms with Crippen molar-refractivity contribution in [3.63, 3.8) is 0 Å². The number of carbonyl (C=O) groups excluding carboxylic acids is 3. The maximum Gasteiger partial charge on any atom is 0.335 e. The number of imide groups is 2. The lowest BCUT2D eigenvalue weighted by Crippen LogP contribution is -2.54. The van der Waals surface area contributed by atoms with Crippen LogP contribution in [0.4, 0.5) is 10.5 Å². The Balaban J connectivity index is 1.69. The highest BCUT2D eigenvalue weighted by Gasteiger charge is 2.37. The summed E-state index contributed by atoms with van der Waals surface area (Å²) in [7, 11) is 0. The third-order valence-electron chi connectivity index (χ3n) is 4.13. The van der Waals surface area contributed by atoms with E-state index >= 15 is 0 Å². The molecule has 0 radical (unpaired) electrons. The van der Waals surface area contributed by atoms with Crippen LogP contribution in [0.3, 0.4) is 0 Å². The zero-order chi connectivity index (χ0) is 20.5. The first-order valence-electron chi connectivity index (χ1n) is 8.31. The Morgan fingerprint density at radius 3 is 2.52 bits per heavy atom. The lowest BCUT2D eigenvalue weighted by atomic mass is 10.1. The Hall–Kier alpha value is -3.42. The largest absolute Gasteiger partial charge is 0.457 e. The second-order valence-corrected chi connectivity index (χ2v) is 6.83. The monoisotopic (exact) mass is 427 g/mol. The van der Waals surface area contributed by atoms with Crippen LogP contribution in [-0.4, -0.2) is 22.8 Å². The number of halogens is 2. The van der Waals surface area contributed by atoms with Crippen LogP contribution >= 0.6 is 23.2 Å². The number of nitrogens with zero attached hydrogens (tertiary/aromatic N) is 2. The van der Waals surface area contributed by atoms with E-state index in [1.54, 1.807) is 30.3 Å². The fourth-order valence-corrected chi connectivity index (χ4v) is 3.17. The fourth-order valence-electron chi connectivity index (χ4n) is 2.79. The lowest BCUT2D eigenvalue weighted by Gasteiger charge is -2.25. The number of barbiturate groups is 1. The van der Waals surface area contributed by atoms with Crippen molar-refractivity contribution in [3.8, 4) is 11.3 Å². The molecule has 1 aromatic carbocycles. The second kappa shape index (κ2) is 7.54. The molecule has 1 aliphatic rings. The van der Waals surface area contributed by atoms with E-state index in [0.29, 0.717) is 21.4 Å². The number of pyridine rings is 1. The maximum atomic E-state index is 12.8. The van der Waals surface area contributed by atoms with Crippen LogP contribution < -0.4 is 10.2 Å². The van der Waals surface area contributed by atoms with Crippen molar-refractivity contribution in [2.75, 3.05) is 4.90 Å². The van der Waals surface area contributed by atoms with Crippen LogP contribution in [0.15, 0.2) is 64.8 Å². The molecule has 3 heterocycles. The molecule has 0 spiro atoms. The average molecular weight is 428 g/mol. The number of amides is 4. The highest BCUT2D eigenvalue weighted by Crippen LogP contribution is 2.32. The molecule has 0 unspecified atom stereocenters. The first kappa shape index (κ1) is 18.9. The van der Waals surface area contributed by atoms with Crippen molar-refractivity contribution in [1.29, 1.82) is 0 Å². The Labute approximate surface area is 174 Å². The number of hydrogen-bond donors (Lipinski definition) is 1. The van der Waals surface area contributed by atoms with Gasteiger partial charge in [-0.25, -0.2) is 9.69 Å². The van der Waals surface area contributed by atoms with Gasteiger partial charge in [0, 0.05) is 23.0 Å². The fraction of sp³-hybridized carbons (Fsp3) is 0. The van der Waals surface area contributed by atoms with E-state index in [4.69, 9.17) is 27.6 Å². The van der Waals surface area contributed by atoms with Crippen molar-refractivity contribution in [2.24, 2.45) is 0 Å². The van der Waals surface area contributed by atoms with Crippen LogP contribution in [0, 0.1) is 0 Å². The van der Waals surface area contributed by atoms with Gasteiger partial charge >= 0.3 is 6.03 Å². The maximum absolute atomic E-state index is 12.8. The Morgan fingerprint density at radius 1 is 1.00 bits per heavy atom. The van der Waals surface area contributed by atoms with Gasteiger partial charge in [0.25, 0.3) is 11.8 Å². The number of benzene rings is 1. The van der Waals surface area contributed by atoms with Gasteiger partial charge in [-0.15, -0.1) is 0 Å². The molecule has 9 heteroatoms. The predicted molar refractivity (Wildman–Crippen MR) is 107 cm³/mol. The molecule has 0 atom stereocenters. The zero-order valence-electron chi connectivity index (χ0n) is 14.6. The van der Waals surface area contributed by atoms with Crippen molar-refractivity contribution in [1.82, 2.24) is 10.3 Å². The first-order chi connectivity index (χ1) is 13.9. The van der Waals surface area contributed by atoms with Gasteiger partial charge in [0.05, 0.1) is 10.7 Å². The highest BCUT2D eigenvalue weighted by atomic mass is 35.5. The molecule has 144 valence electrons. The molecule has 1 saturated heterocycles. The summed E-state index contributed by atoms with van der Waals surface area (Å²) in [6, 6.07) is 10.3. The molecule has 3 aromatic rings. The molecule has 1 aliphatic heterocycles. The molecule has 0 aliphatic carbocycles. The number of carbonyl (C=O) groups is 3. The van der Waals surface area contributed by atoms with Crippen LogP contribution in [0.5, 0.6) is 0 Å². The quantitative estimate of drug-likeness (QED) is 0.496. The van der Waals surface area contributed by atoms with E-state index in [1.807, 2.05) is 0 Å². The van der Waals surface area contributed by atoms with Crippen molar-refractivity contribution < 1.29 is 18.8 Å². The molecule has 0 saturated carbocycles. The minimum atomic E-state index is -0.839. The van der Waals surface area contributed by atoms with Crippen molar-refractivity contribution in [3.05, 3.63) is 76.2 Å². The molecular formula is C20H11Cl2N3O4. The number of aromatic nitrogens is 1. The van der Waals surface area contributed by atoms with Gasteiger partial charge in [-0.05, 0) is 48.5 Å². The zero-order valence-corrected chi connectivity index (χ0v) is 16.1. The van der Waals surface area contributed by atoms with E-state index in [0.717, 1.165) is 4.90 Å². The van der Waals surface area contributed by atoms with Gasteiger partial charge in [-0.1, -0.05) is 23.2 Å². The smallest absolute Gasteiger partial charge is 0.335 e. The summed E-state index contributed by atoms with van der Waals surface area (Å²) in [6.45, 7) is 0. The molecule has 7 nitrogen and oxygen atoms in total. The third-order valence-corrected chi connectivity index (χ3v) is 4.69. The van der Waals surface area contributed by atoms with Gasteiger partial charge in [0.1, 0.15) is 17.1 Å². The van der Waals surface area contributed by atoms with E-state index in [-0.39, 0.29) is 17.0 Å². The topological polar surface area (TPSA) is 92.5 Å². The number of rotatable bonds is 3. The van der Waals surface area contributed by atoms with Gasteiger partial charge in [0.2, 0.25) is 0 Å². The first-order valence-corrected chi connectivity index (χ1v) is 9.06. The molecule has 29 heavy (non-hydrogen) atoms. The van der Waals surface area contributed by atoms with E-state index < -0.39 is 17.8 Å². The number of anilines is 1. The Kier molecular flexibility index (Phi) is 4.92. The summed E-state index contributed by atoms with van der Waals surface area (Å²) in [4.78, 5) is 41.9. The number of urea groups is 1. The van der Waals surface area contributed by atoms with Gasteiger partial charge in [-0.2, -0.15) is 0 Å². The second-order valence-electron chi connectivity index (χ2n) is 5.99. The van der Waals surface area contributed by atoms with Crippen LogP contribution in [0.1, 0.15) is 5.76 Å². The van der Waals surface area contributed by atoms with Crippen LogP contribution in [0.2, 0.25) is 10.0 Å².